The first kappa shape index (κ1) is 18.1. The van der Waals surface area contributed by atoms with Gasteiger partial charge in [-0.1, -0.05) is 18.2 Å². The van der Waals surface area contributed by atoms with Gasteiger partial charge in [0, 0.05) is 50.8 Å². The monoisotopic (exact) mass is 350 g/mol. The molecule has 0 atom stereocenters. The summed E-state index contributed by atoms with van der Waals surface area (Å²) in [7, 11) is 3.67. The van der Waals surface area contributed by atoms with Crippen molar-refractivity contribution in [3.63, 3.8) is 0 Å². The zero-order valence-corrected chi connectivity index (χ0v) is 15.7. The Kier molecular flexibility index (Phi) is 6.02. The Bertz CT molecular complexity index is 812. The van der Waals surface area contributed by atoms with Gasteiger partial charge in [0.15, 0.2) is 0 Å². The van der Waals surface area contributed by atoms with E-state index in [1.54, 1.807) is 7.11 Å². The largest absolute Gasteiger partial charge is 0.497 e. The van der Waals surface area contributed by atoms with Crippen molar-refractivity contribution in [3.8, 4) is 5.75 Å². The van der Waals surface area contributed by atoms with Crippen molar-refractivity contribution in [1.29, 1.82) is 0 Å². The molecular formula is C21H26N4O. The SMILES string of the molecule is COc1ccc(CCN(Cc2cccnc2)Cc2cn(C)nc2C)cc1. The van der Waals surface area contributed by atoms with Gasteiger partial charge in [-0.15, -0.1) is 0 Å². The van der Waals surface area contributed by atoms with Crippen LogP contribution in [0.5, 0.6) is 5.75 Å². The smallest absolute Gasteiger partial charge is 0.118 e. The fraction of sp³-hybridized carbons (Fsp3) is 0.333. The van der Waals surface area contributed by atoms with Crippen LogP contribution in [0, 0.1) is 6.92 Å². The molecule has 0 saturated heterocycles. The lowest BCUT2D eigenvalue weighted by molar-refractivity contribution is 0.259. The second-order valence-corrected chi connectivity index (χ2v) is 6.58. The molecule has 136 valence electrons. The van der Waals surface area contributed by atoms with Gasteiger partial charge >= 0.3 is 0 Å². The van der Waals surface area contributed by atoms with Gasteiger partial charge in [-0.25, -0.2) is 0 Å². The molecule has 5 heteroatoms. The van der Waals surface area contributed by atoms with Crippen LogP contribution in [-0.2, 0) is 26.6 Å². The molecule has 0 N–H and O–H groups in total. The van der Waals surface area contributed by atoms with Gasteiger partial charge < -0.3 is 4.74 Å². The fourth-order valence-electron chi connectivity index (χ4n) is 3.09. The Morgan fingerprint density at radius 1 is 1.08 bits per heavy atom. The van der Waals surface area contributed by atoms with Crippen LogP contribution in [0.25, 0.3) is 0 Å². The molecule has 0 spiro atoms. The van der Waals surface area contributed by atoms with E-state index in [4.69, 9.17) is 4.74 Å². The van der Waals surface area contributed by atoms with E-state index in [-0.39, 0.29) is 0 Å². The van der Waals surface area contributed by atoms with E-state index >= 15 is 0 Å². The highest BCUT2D eigenvalue weighted by molar-refractivity contribution is 5.27. The first-order valence-electron chi connectivity index (χ1n) is 8.87. The van der Waals surface area contributed by atoms with E-state index in [9.17, 15) is 0 Å². The zero-order valence-electron chi connectivity index (χ0n) is 15.7. The first-order valence-corrected chi connectivity index (χ1v) is 8.87. The summed E-state index contributed by atoms with van der Waals surface area (Å²) in [6.45, 7) is 4.79. The van der Waals surface area contributed by atoms with Crippen LogP contribution in [-0.4, -0.2) is 33.3 Å². The van der Waals surface area contributed by atoms with Gasteiger partial charge in [0.25, 0.3) is 0 Å². The molecule has 0 amide bonds. The van der Waals surface area contributed by atoms with E-state index in [0.29, 0.717) is 0 Å². The highest BCUT2D eigenvalue weighted by atomic mass is 16.5. The normalized spacial score (nSPS) is 11.1. The van der Waals surface area contributed by atoms with Gasteiger partial charge in [-0.3, -0.25) is 14.6 Å². The molecule has 26 heavy (non-hydrogen) atoms. The minimum Gasteiger partial charge on any atom is -0.497 e. The lowest BCUT2D eigenvalue weighted by Gasteiger charge is -2.22. The van der Waals surface area contributed by atoms with Crippen LogP contribution < -0.4 is 4.74 Å². The fourth-order valence-corrected chi connectivity index (χ4v) is 3.09. The minimum atomic E-state index is 0.873. The van der Waals surface area contributed by atoms with Gasteiger partial charge in [-0.2, -0.15) is 5.10 Å². The van der Waals surface area contributed by atoms with Crippen LogP contribution in [0.2, 0.25) is 0 Å². The van der Waals surface area contributed by atoms with E-state index in [1.165, 1.54) is 16.7 Å². The van der Waals surface area contributed by atoms with Gasteiger partial charge in [-0.05, 0) is 42.7 Å². The molecule has 0 fully saturated rings. The van der Waals surface area contributed by atoms with Crippen LogP contribution in [0.1, 0.15) is 22.4 Å². The molecule has 0 unspecified atom stereocenters. The van der Waals surface area contributed by atoms with Crippen molar-refractivity contribution in [2.45, 2.75) is 26.4 Å². The van der Waals surface area contributed by atoms with E-state index < -0.39 is 0 Å². The van der Waals surface area contributed by atoms with Crippen molar-refractivity contribution in [1.82, 2.24) is 19.7 Å². The molecular weight excluding hydrogens is 324 g/mol. The molecule has 3 rings (SSSR count). The number of rotatable bonds is 8. The van der Waals surface area contributed by atoms with E-state index in [2.05, 4.69) is 46.3 Å². The molecule has 2 aromatic heterocycles. The second kappa shape index (κ2) is 8.63. The summed E-state index contributed by atoms with van der Waals surface area (Å²) in [6, 6.07) is 12.4. The Hall–Kier alpha value is -2.66. The lowest BCUT2D eigenvalue weighted by Crippen LogP contribution is -2.25. The number of hydrogen-bond donors (Lipinski definition) is 0. The summed E-state index contributed by atoms with van der Waals surface area (Å²) in [4.78, 5) is 6.70. The van der Waals surface area contributed by atoms with Gasteiger partial charge in [0.2, 0.25) is 0 Å². The molecule has 5 nitrogen and oxygen atoms in total. The summed E-state index contributed by atoms with van der Waals surface area (Å²) in [5.74, 6) is 0.895. The van der Waals surface area contributed by atoms with Crippen molar-refractivity contribution in [3.05, 3.63) is 77.4 Å². The number of nitrogens with zero attached hydrogens (tertiary/aromatic N) is 4. The third-order valence-electron chi connectivity index (χ3n) is 4.51. The number of aryl methyl sites for hydroxylation is 2. The highest BCUT2D eigenvalue weighted by Gasteiger charge is 2.11. The van der Waals surface area contributed by atoms with Gasteiger partial charge in [0.1, 0.15) is 5.75 Å². The third kappa shape index (κ3) is 4.92. The summed E-state index contributed by atoms with van der Waals surface area (Å²) >= 11 is 0. The number of hydrogen-bond acceptors (Lipinski definition) is 4. The molecule has 3 aromatic rings. The molecule has 0 bridgehead atoms. The Morgan fingerprint density at radius 3 is 2.50 bits per heavy atom. The topological polar surface area (TPSA) is 43.2 Å². The number of methoxy groups -OCH3 is 1. The second-order valence-electron chi connectivity index (χ2n) is 6.58. The molecule has 0 aliphatic heterocycles. The van der Waals surface area contributed by atoms with Crippen LogP contribution in [0.15, 0.2) is 55.0 Å². The zero-order chi connectivity index (χ0) is 18.4. The van der Waals surface area contributed by atoms with Crippen molar-refractivity contribution < 1.29 is 4.74 Å². The number of aromatic nitrogens is 3. The first-order chi connectivity index (χ1) is 12.6. The van der Waals surface area contributed by atoms with E-state index in [0.717, 1.165) is 37.5 Å². The maximum Gasteiger partial charge on any atom is 0.118 e. The van der Waals surface area contributed by atoms with Crippen LogP contribution in [0.4, 0.5) is 0 Å². The molecule has 0 aliphatic rings. The Labute approximate surface area is 155 Å². The molecule has 0 aliphatic carbocycles. The standard InChI is InChI=1S/C21H26N4O/c1-17-20(15-24(2)23-17)16-25(14-19-5-4-11-22-13-19)12-10-18-6-8-21(26-3)9-7-18/h4-9,11,13,15H,10,12,14,16H2,1-3H3. The van der Waals surface area contributed by atoms with Crippen molar-refractivity contribution in [2.75, 3.05) is 13.7 Å². The number of pyridine rings is 1. The molecule has 0 radical (unpaired) electrons. The average Bonchev–Trinajstić information content (AvgIpc) is 2.98. The third-order valence-corrected chi connectivity index (χ3v) is 4.51. The summed E-state index contributed by atoms with van der Waals surface area (Å²) in [5.41, 5.74) is 4.90. The maximum atomic E-state index is 5.24. The number of benzene rings is 1. The molecule has 0 saturated carbocycles. The Balaban J connectivity index is 1.70. The molecule has 1 aromatic carbocycles. The summed E-state index contributed by atoms with van der Waals surface area (Å²) in [6.07, 6.45) is 6.86. The Morgan fingerprint density at radius 2 is 1.88 bits per heavy atom. The lowest BCUT2D eigenvalue weighted by atomic mass is 10.1. The van der Waals surface area contributed by atoms with E-state index in [1.807, 2.05) is 42.3 Å². The quantitative estimate of drug-likeness (QED) is 0.625. The highest BCUT2D eigenvalue weighted by Crippen LogP contribution is 2.15. The molecule has 2 heterocycles. The number of ether oxygens (including phenoxy) is 1. The van der Waals surface area contributed by atoms with Crippen LogP contribution >= 0.6 is 0 Å². The summed E-state index contributed by atoms with van der Waals surface area (Å²) < 4.78 is 7.13. The predicted molar refractivity (Wildman–Crippen MR) is 103 cm³/mol. The van der Waals surface area contributed by atoms with Crippen LogP contribution in [0.3, 0.4) is 0 Å². The van der Waals surface area contributed by atoms with Gasteiger partial charge in [0.05, 0.1) is 12.8 Å². The minimum absolute atomic E-state index is 0.873. The summed E-state index contributed by atoms with van der Waals surface area (Å²) in [5, 5.41) is 4.47. The maximum absolute atomic E-state index is 5.24. The van der Waals surface area contributed by atoms with Crippen molar-refractivity contribution in [2.24, 2.45) is 7.05 Å². The average molecular weight is 350 g/mol. The van der Waals surface area contributed by atoms with Crippen molar-refractivity contribution >= 4 is 0 Å². The predicted octanol–water partition coefficient (Wildman–Crippen LogP) is 3.38.